The van der Waals surface area contributed by atoms with Gasteiger partial charge in [0.2, 0.25) is 0 Å². The van der Waals surface area contributed by atoms with Crippen LogP contribution in [0.25, 0.3) is 5.65 Å². The molecular formula is C18H19N5O2S. The molecular weight excluding hydrogens is 350 g/mol. The second-order valence-corrected chi connectivity index (χ2v) is 7.63. The van der Waals surface area contributed by atoms with Crippen molar-refractivity contribution in [2.75, 3.05) is 26.2 Å². The predicted octanol–water partition coefficient (Wildman–Crippen LogP) is 2.01. The fraction of sp³-hybridized carbons (Fsp3) is 0.333. The minimum absolute atomic E-state index is 0.0454. The van der Waals surface area contributed by atoms with Crippen LogP contribution in [0.3, 0.4) is 0 Å². The molecule has 26 heavy (non-hydrogen) atoms. The lowest BCUT2D eigenvalue weighted by Gasteiger charge is -2.34. The molecule has 4 rings (SSSR count). The van der Waals surface area contributed by atoms with Crippen molar-refractivity contribution < 1.29 is 9.59 Å². The molecule has 134 valence electrons. The van der Waals surface area contributed by atoms with Crippen molar-refractivity contribution in [1.29, 1.82) is 0 Å². The normalized spacial score (nSPS) is 14.8. The summed E-state index contributed by atoms with van der Waals surface area (Å²) >= 11 is 1.51. The summed E-state index contributed by atoms with van der Waals surface area (Å²) < 4.78 is 1.63. The van der Waals surface area contributed by atoms with E-state index in [-0.39, 0.29) is 11.8 Å². The van der Waals surface area contributed by atoms with Gasteiger partial charge in [0.05, 0.1) is 10.6 Å². The average molecular weight is 369 g/mol. The van der Waals surface area contributed by atoms with E-state index in [4.69, 9.17) is 0 Å². The van der Waals surface area contributed by atoms with E-state index >= 15 is 0 Å². The van der Waals surface area contributed by atoms with Gasteiger partial charge in [0.15, 0.2) is 5.65 Å². The molecule has 0 aromatic carbocycles. The number of piperazine rings is 1. The van der Waals surface area contributed by atoms with Crippen molar-refractivity contribution in [2.45, 2.75) is 13.8 Å². The molecule has 1 aliphatic heterocycles. The Bertz CT molecular complexity index is 985. The molecule has 3 aromatic rings. The summed E-state index contributed by atoms with van der Waals surface area (Å²) in [6.45, 7) is 5.91. The number of hydrogen-bond acceptors (Lipinski definition) is 5. The highest BCUT2D eigenvalue weighted by molar-refractivity contribution is 7.13. The molecule has 0 aliphatic carbocycles. The molecule has 1 fully saturated rings. The smallest absolute Gasteiger partial charge is 0.264 e. The molecule has 1 aliphatic rings. The fourth-order valence-electron chi connectivity index (χ4n) is 3.22. The lowest BCUT2D eigenvalue weighted by molar-refractivity contribution is 0.0538. The second kappa shape index (κ2) is 6.53. The number of rotatable bonds is 2. The van der Waals surface area contributed by atoms with Gasteiger partial charge in [0.1, 0.15) is 5.56 Å². The molecule has 0 N–H and O–H groups in total. The zero-order valence-corrected chi connectivity index (χ0v) is 15.5. The van der Waals surface area contributed by atoms with Crippen molar-refractivity contribution in [2.24, 2.45) is 0 Å². The van der Waals surface area contributed by atoms with Gasteiger partial charge in [-0.25, -0.2) is 9.50 Å². The zero-order valence-electron chi connectivity index (χ0n) is 14.7. The second-order valence-electron chi connectivity index (χ2n) is 6.34. The van der Waals surface area contributed by atoms with Crippen LogP contribution in [0.4, 0.5) is 0 Å². The first kappa shape index (κ1) is 16.7. The monoisotopic (exact) mass is 369 g/mol. The Morgan fingerprint density at radius 3 is 2.38 bits per heavy atom. The van der Waals surface area contributed by atoms with Gasteiger partial charge in [-0.15, -0.1) is 11.3 Å². The summed E-state index contributed by atoms with van der Waals surface area (Å²) in [5.74, 6) is -0.0284. The highest BCUT2D eigenvalue weighted by Crippen LogP contribution is 2.20. The number of aromatic nitrogens is 3. The third-order valence-electron chi connectivity index (χ3n) is 4.59. The third-order valence-corrected chi connectivity index (χ3v) is 5.58. The number of amides is 2. The molecule has 0 radical (unpaired) electrons. The Morgan fingerprint density at radius 1 is 1.04 bits per heavy atom. The standard InChI is InChI=1S/C18H19N5O2S/c1-12-4-5-14(26-12)17(24)21-8-10-22(11-9-21)18(25)15-13(2)20-23-7-3-6-19-16(15)23/h3-7H,8-11H2,1-2H3. The van der Waals surface area contributed by atoms with Gasteiger partial charge < -0.3 is 9.80 Å². The van der Waals surface area contributed by atoms with Crippen molar-refractivity contribution in [3.8, 4) is 0 Å². The van der Waals surface area contributed by atoms with Crippen LogP contribution in [0.15, 0.2) is 30.6 Å². The first-order valence-electron chi connectivity index (χ1n) is 8.49. The van der Waals surface area contributed by atoms with E-state index in [9.17, 15) is 9.59 Å². The van der Waals surface area contributed by atoms with Crippen LogP contribution >= 0.6 is 11.3 Å². The van der Waals surface area contributed by atoms with Crippen molar-refractivity contribution in [1.82, 2.24) is 24.4 Å². The molecule has 3 aromatic heterocycles. The summed E-state index contributed by atoms with van der Waals surface area (Å²) in [6.07, 6.45) is 3.44. The quantitative estimate of drug-likeness (QED) is 0.693. The van der Waals surface area contributed by atoms with E-state index in [0.29, 0.717) is 43.1 Å². The highest BCUT2D eigenvalue weighted by Gasteiger charge is 2.29. The van der Waals surface area contributed by atoms with Gasteiger partial charge in [-0.2, -0.15) is 5.10 Å². The van der Waals surface area contributed by atoms with Gasteiger partial charge in [-0.05, 0) is 32.0 Å². The Kier molecular flexibility index (Phi) is 4.20. The first-order valence-corrected chi connectivity index (χ1v) is 9.31. The number of hydrogen-bond donors (Lipinski definition) is 0. The number of nitrogens with zero attached hydrogens (tertiary/aromatic N) is 5. The molecule has 8 heteroatoms. The van der Waals surface area contributed by atoms with Gasteiger partial charge >= 0.3 is 0 Å². The van der Waals surface area contributed by atoms with Gasteiger partial charge in [0, 0.05) is 43.4 Å². The molecule has 7 nitrogen and oxygen atoms in total. The number of carbonyl (C=O) groups excluding carboxylic acids is 2. The summed E-state index contributed by atoms with van der Waals surface area (Å²) in [7, 11) is 0. The maximum atomic E-state index is 13.0. The van der Waals surface area contributed by atoms with Crippen LogP contribution in [-0.4, -0.2) is 62.4 Å². The SMILES string of the molecule is Cc1ccc(C(=O)N2CCN(C(=O)c3c(C)nn4cccnc34)CC2)s1. The van der Waals surface area contributed by atoms with E-state index in [1.165, 1.54) is 11.3 Å². The molecule has 0 bridgehead atoms. The molecule has 4 heterocycles. The van der Waals surface area contributed by atoms with E-state index < -0.39 is 0 Å². The molecule has 0 unspecified atom stereocenters. The molecule has 0 saturated carbocycles. The van der Waals surface area contributed by atoms with Crippen LogP contribution < -0.4 is 0 Å². The first-order chi connectivity index (χ1) is 12.5. The Labute approximate surface area is 154 Å². The van der Waals surface area contributed by atoms with Crippen molar-refractivity contribution in [3.63, 3.8) is 0 Å². The predicted molar refractivity (Wildman–Crippen MR) is 98.6 cm³/mol. The largest absolute Gasteiger partial charge is 0.335 e. The lowest BCUT2D eigenvalue weighted by atomic mass is 10.2. The Balaban J connectivity index is 1.48. The summed E-state index contributed by atoms with van der Waals surface area (Å²) in [5, 5.41) is 4.36. The minimum Gasteiger partial charge on any atom is -0.335 e. The van der Waals surface area contributed by atoms with Crippen LogP contribution in [-0.2, 0) is 0 Å². The Hall–Kier alpha value is -2.74. The maximum absolute atomic E-state index is 13.0. The third kappa shape index (κ3) is 2.86. The topological polar surface area (TPSA) is 70.8 Å². The van der Waals surface area contributed by atoms with Crippen molar-refractivity contribution in [3.05, 3.63) is 51.6 Å². The molecule has 2 amide bonds. The fourth-order valence-corrected chi connectivity index (χ4v) is 4.06. The molecule has 0 spiro atoms. The number of fused-ring (bicyclic) bond motifs is 1. The maximum Gasteiger partial charge on any atom is 0.264 e. The summed E-state index contributed by atoms with van der Waals surface area (Å²) in [4.78, 5) is 35.3. The van der Waals surface area contributed by atoms with Gasteiger partial charge in [0.25, 0.3) is 11.8 Å². The van der Waals surface area contributed by atoms with E-state index in [1.807, 2.05) is 30.9 Å². The van der Waals surface area contributed by atoms with Crippen molar-refractivity contribution >= 4 is 28.8 Å². The van der Waals surface area contributed by atoms with E-state index in [1.54, 1.807) is 27.9 Å². The molecule has 0 atom stereocenters. The van der Waals surface area contributed by atoms with Gasteiger partial charge in [-0.3, -0.25) is 9.59 Å². The minimum atomic E-state index is -0.0738. The zero-order chi connectivity index (χ0) is 18.3. The van der Waals surface area contributed by atoms with Crippen LogP contribution in [0.5, 0.6) is 0 Å². The van der Waals surface area contributed by atoms with Crippen LogP contribution in [0, 0.1) is 13.8 Å². The Morgan fingerprint density at radius 2 is 1.73 bits per heavy atom. The summed E-state index contributed by atoms with van der Waals surface area (Å²) in [6, 6.07) is 5.61. The summed E-state index contributed by atoms with van der Waals surface area (Å²) in [5.41, 5.74) is 1.78. The lowest BCUT2D eigenvalue weighted by Crippen LogP contribution is -2.50. The highest BCUT2D eigenvalue weighted by atomic mass is 32.1. The van der Waals surface area contributed by atoms with Crippen LogP contribution in [0.1, 0.15) is 30.6 Å². The van der Waals surface area contributed by atoms with E-state index in [2.05, 4.69) is 10.1 Å². The number of aryl methyl sites for hydroxylation is 2. The van der Waals surface area contributed by atoms with Gasteiger partial charge in [-0.1, -0.05) is 0 Å². The molecule has 1 saturated heterocycles. The number of thiophene rings is 1. The number of carbonyl (C=O) groups is 2. The van der Waals surface area contributed by atoms with Crippen LogP contribution in [0.2, 0.25) is 0 Å². The van der Waals surface area contributed by atoms with E-state index in [0.717, 1.165) is 9.75 Å². The average Bonchev–Trinajstić information content (AvgIpc) is 3.23.